The third-order valence-electron chi connectivity index (χ3n) is 3.85. The summed E-state index contributed by atoms with van der Waals surface area (Å²) in [4.78, 5) is 17.3. The van der Waals surface area contributed by atoms with Gasteiger partial charge in [0.2, 0.25) is 17.8 Å². The van der Waals surface area contributed by atoms with Crippen LogP contribution in [0.2, 0.25) is 0 Å². The van der Waals surface area contributed by atoms with E-state index in [0.717, 1.165) is 25.9 Å². The predicted octanol–water partition coefficient (Wildman–Crippen LogP) is 0.405. The number of nitrogens with two attached hydrogens (primary N) is 1. The van der Waals surface area contributed by atoms with Crippen molar-refractivity contribution in [3.8, 4) is 0 Å². The topological polar surface area (TPSA) is 91.4 Å². The molecule has 0 radical (unpaired) electrons. The maximum atomic E-state index is 9.21. The monoisotopic (exact) mass is 278 g/mol. The Kier molecular flexibility index (Phi) is 3.86. The first-order valence-electron chi connectivity index (χ1n) is 7.42. The maximum Gasteiger partial charge on any atom is 0.232 e. The summed E-state index contributed by atoms with van der Waals surface area (Å²) in [5.41, 5.74) is 5.84. The second-order valence-electron chi connectivity index (χ2n) is 5.49. The Hall–Kier alpha value is -1.63. The van der Waals surface area contributed by atoms with E-state index in [-0.39, 0.29) is 12.6 Å². The van der Waals surface area contributed by atoms with Gasteiger partial charge in [0.05, 0.1) is 6.61 Å². The van der Waals surface area contributed by atoms with Gasteiger partial charge in [-0.05, 0) is 32.1 Å². The van der Waals surface area contributed by atoms with Gasteiger partial charge in [0.25, 0.3) is 0 Å². The van der Waals surface area contributed by atoms with Crippen LogP contribution in [0.5, 0.6) is 0 Å². The number of rotatable bonds is 5. The van der Waals surface area contributed by atoms with Gasteiger partial charge in [-0.15, -0.1) is 0 Å². The normalized spacial score (nSPS) is 19.1. The minimum absolute atomic E-state index is 0.0983. The van der Waals surface area contributed by atoms with Crippen LogP contribution in [0.4, 0.5) is 17.8 Å². The number of piperidine rings is 1. The summed E-state index contributed by atoms with van der Waals surface area (Å²) in [6, 6.07) is 0.443. The van der Waals surface area contributed by atoms with Crippen molar-refractivity contribution in [2.45, 2.75) is 38.1 Å². The van der Waals surface area contributed by atoms with E-state index in [1.807, 2.05) is 4.90 Å². The van der Waals surface area contributed by atoms with Gasteiger partial charge < -0.3 is 20.6 Å². The Morgan fingerprint density at radius 1 is 1.15 bits per heavy atom. The molecule has 7 heteroatoms. The number of hydrogen-bond acceptors (Lipinski definition) is 7. The molecule has 1 saturated carbocycles. The minimum Gasteiger partial charge on any atom is -0.395 e. The molecule has 0 aromatic carbocycles. The zero-order chi connectivity index (χ0) is 13.9. The third kappa shape index (κ3) is 2.92. The van der Waals surface area contributed by atoms with E-state index in [1.165, 1.54) is 19.3 Å². The van der Waals surface area contributed by atoms with Gasteiger partial charge in [-0.3, -0.25) is 0 Å². The molecule has 3 rings (SSSR count). The van der Waals surface area contributed by atoms with E-state index in [0.29, 0.717) is 24.5 Å². The van der Waals surface area contributed by atoms with Crippen molar-refractivity contribution >= 4 is 17.8 Å². The first-order chi connectivity index (χ1) is 9.78. The molecule has 0 unspecified atom stereocenters. The summed E-state index contributed by atoms with van der Waals surface area (Å²) in [5.74, 6) is 1.55. The van der Waals surface area contributed by atoms with Gasteiger partial charge >= 0.3 is 0 Å². The molecule has 0 amide bonds. The molecule has 7 nitrogen and oxygen atoms in total. The lowest BCUT2D eigenvalue weighted by atomic mass is 10.1. The summed E-state index contributed by atoms with van der Waals surface area (Å²) in [7, 11) is 0. The molecule has 0 atom stereocenters. The maximum absolute atomic E-state index is 9.21. The molecular formula is C13H22N6O. The van der Waals surface area contributed by atoms with Crippen LogP contribution in [-0.2, 0) is 0 Å². The van der Waals surface area contributed by atoms with Crippen molar-refractivity contribution in [2.24, 2.45) is 0 Å². The van der Waals surface area contributed by atoms with Crippen LogP contribution in [-0.4, -0.2) is 52.3 Å². The van der Waals surface area contributed by atoms with Crippen molar-refractivity contribution in [1.82, 2.24) is 15.0 Å². The molecule has 110 valence electrons. The number of aliphatic hydroxyl groups is 1. The van der Waals surface area contributed by atoms with Gasteiger partial charge in [-0.2, -0.15) is 15.0 Å². The molecule has 0 spiro atoms. The number of anilines is 3. The first kappa shape index (κ1) is 13.4. The Labute approximate surface area is 118 Å². The lowest BCUT2D eigenvalue weighted by Gasteiger charge is -2.28. The van der Waals surface area contributed by atoms with Crippen LogP contribution >= 0.6 is 0 Å². The van der Waals surface area contributed by atoms with Crippen LogP contribution in [0.15, 0.2) is 0 Å². The molecule has 1 aliphatic heterocycles. The van der Waals surface area contributed by atoms with Gasteiger partial charge in [0, 0.05) is 25.7 Å². The fourth-order valence-electron chi connectivity index (χ4n) is 2.67. The number of nitrogens with zero attached hydrogens (tertiary/aromatic N) is 5. The van der Waals surface area contributed by atoms with Crippen LogP contribution in [0.1, 0.15) is 32.1 Å². The van der Waals surface area contributed by atoms with Crippen molar-refractivity contribution in [3.63, 3.8) is 0 Å². The fourth-order valence-corrected chi connectivity index (χ4v) is 2.67. The van der Waals surface area contributed by atoms with Crippen molar-refractivity contribution < 1.29 is 5.11 Å². The van der Waals surface area contributed by atoms with E-state index >= 15 is 0 Å². The van der Waals surface area contributed by atoms with Gasteiger partial charge in [-0.1, -0.05) is 0 Å². The van der Waals surface area contributed by atoms with E-state index in [2.05, 4.69) is 19.9 Å². The molecule has 20 heavy (non-hydrogen) atoms. The van der Waals surface area contributed by atoms with Crippen molar-refractivity contribution in [3.05, 3.63) is 0 Å². The lowest BCUT2D eigenvalue weighted by molar-refractivity contribution is 0.300. The molecule has 2 heterocycles. The fraction of sp³-hybridized carbons (Fsp3) is 0.769. The largest absolute Gasteiger partial charge is 0.395 e. The van der Waals surface area contributed by atoms with Crippen molar-refractivity contribution in [1.29, 1.82) is 0 Å². The Bertz CT molecular complexity index is 458. The molecule has 2 aliphatic rings. The summed E-state index contributed by atoms with van der Waals surface area (Å²) >= 11 is 0. The lowest BCUT2D eigenvalue weighted by Crippen LogP contribution is -2.34. The predicted molar refractivity (Wildman–Crippen MR) is 77.8 cm³/mol. The van der Waals surface area contributed by atoms with Crippen LogP contribution in [0.3, 0.4) is 0 Å². The van der Waals surface area contributed by atoms with E-state index < -0.39 is 0 Å². The van der Waals surface area contributed by atoms with Gasteiger partial charge in [0.15, 0.2) is 0 Å². The highest BCUT2D eigenvalue weighted by Crippen LogP contribution is 2.30. The van der Waals surface area contributed by atoms with Gasteiger partial charge in [0.1, 0.15) is 0 Å². The minimum atomic E-state index is 0.0983. The Morgan fingerprint density at radius 2 is 1.90 bits per heavy atom. The molecule has 1 aliphatic carbocycles. The summed E-state index contributed by atoms with van der Waals surface area (Å²) in [6.45, 7) is 2.60. The molecule has 1 saturated heterocycles. The SMILES string of the molecule is Nc1nc(N2CCCCC2)nc(N(CCO)C2CC2)n1. The highest BCUT2D eigenvalue weighted by Gasteiger charge is 2.31. The molecule has 2 fully saturated rings. The van der Waals surface area contributed by atoms with Crippen LogP contribution < -0.4 is 15.5 Å². The van der Waals surface area contributed by atoms with E-state index in [1.54, 1.807) is 0 Å². The first-order valence-corrected chi connectivity index (χ1v) is 7.42. The standard InChI is InChI=1S/C13H22N6O/c14-11-15-12(18-6-2-1-3-7-18)17-13(16-11)19(8-9-20)10-4-5-10/h10,20H,1-9H2,(H2,14,15,16,17). The summed E-state index contributed by atoms with van der Waals surface area (Å²) < 4.78 is 0. The summed E-state index contributed by atoms with van der Waals surface area (Å²) in [5, 5.41) is 9.21. The molecular weight excluding hydrogens is 256 g/mol. The van der Waals surface area contributed by atoms with Crippen LogP contribution in [0.25, 0.3) is 0 Å². The van der Waals surface area contributed by atoms with Gasteiger partial charge in [-0.25, -0.2) is 0 Å². The second kappa shape index (κ2) is 5.78. The Morgan fingerprint density at radius 3 is 2.55 bits per heavy atom. The molecule has 0 bridgehead atoms. The third-order valence-corrected chi connectivity index (χ3v) is 3.85. The average molecular weight is 278 g/mol. The molecule has 1 aromatic heterocycles. The Balaban J connectivity index is 1.84. The number of aromatic nitrogens is 3. The number of aliphatic hydroxyl groups excluding tert-OH is 1. The smallest absolute Gasteiger partial charge is 0.232 e. The van der Waals surface area contributed by atoms with Crippen LogP contribution in [0, 0.1) is 0 Å². The zero-order valence-corrected chi connectivity index (χ0v) is 11.7. The van der Waals surface area contributed by atoms with E-state index in [9.17, 15) is 5.11 Å². The number of hydrogen-bond donors (Lipinski definition) is 2. The second-order valence-corrected chi connectivity index (χ2v) is 5.49. The summed E-state index contributed by atoms with van der Waals surface area (Å²) in [6.07, 6.45) is 5.87. The quantitative estimate of drug-likeness (QED) is 0.805. The highest BCUT2D eigenvalue weighted by molar-refractivity contribution is 5.45. The molecule has 1 aromatic rings. The highest BCUT2D eigenvalue weighted by atomic mass is 16.3. The molecule has 3 N–H and O–H groups in total. The zero-order valence-electron chi connectivity index (χ0n) is 11.7. The van der Waals surface area contributed by atoms with Crippen molar-refractivity contribution in [2.75, 3.05) is 41.8 Å². The van der Waals surface area contributed by atoms with E-state index in [4.69, 9.17) is 5.73 Å². The average Bonchev–Trinajstić information content (AvgIpc) is 3.29. The number of nitrogen functional groups attached to an aromatic ring is 1.